The van der Waals surface area contributed by atoms with Gasteiger partial charge < -0.3 is 29.7 Å². The fraction of sp³-hybridized carbons (Fsp3) is 0.591. The molecule has 1 aliphatic heterocycles. The standard InChI is InChI=1S/C22H33N3O6/c1-5-29-17-8-6-7-9-18(17)30-15-19(26)24-16-10-12-25(13-11-16)20(27)14-23-21(28)31-22(2,3)4/h6-9,16H,5,10-15H2,1-4H3,(H,23,28)(H,24,26). The topological polar surface area (TPSA) is 106 Å². The molecule has 1 aliphatic rings. The predicted molar refractivity (Wildman–Crippen MR) is 115 cm³/mol. The lowest BCUT2D eigenvalue weighted by atomic mass is 10.0. The van der Waals surface area contributed by atoms with Crippen LogP contribution in [0.5, 0.6) is 11.5 Å². The van der Waals surface area contributed by atoms with E-state index in [1.54, 1.807) is 37.8 Å². The largest absolute Gasteiger partial charge is 0.490 e. The average Bonchev–Trinajstić information content (AvgIpc) is 2.71. The quantitative estimate of drug-likeness (QED) is 0.648. The fourth-order valence-electron chi connectivity index (χ4n) is 3.10. The van der Waals surface area contributed by atoms with E-state index < -0.39 is 11.7 Å². The Kier molecular flexibility index (Phi) is 8.96. The number of benzene rings is 1. The van der Waals surface area contributed by atoms with Gasteiger partial charge in [-0.05, 0) is 52.7 Å². The molecule has 0 spiro atoms. The number of rotatable bonds is 8. The third-order valence-corrected chi connectivity index (χ3v) is 4.50. The second-order valence-electron chi connectivity index (χ2n) is 8.25. The molecular weight excluding hydrogens is 402 g/mol. The molecule has 1 saturated heterocycles. The summed E-state index contributed by atoms with van der Waals surface area (Å²) in [7, 11) is 0. The third kappa shape index (κ3) is 8.74. The van der Waals surface area contributed by atoms with Crippen molar-refractivity contribution in [3.05, 3.63) is 24.3 Å². The van der Waals surface area contributed by atoms with Crippen molar-refractivity contribution in [1.29, 1.82) is 0 Å². The average molecular weight is 436 g/mol. The summed E-state index contributed by atoms with van der Waals surface area (Å²) in [6.45, 7) is 8.47. The van der Waals surface area contributed by atoms with Crippen molar-refractivity contribution in [3.63, 3.8) is 0 Å². The van der Waals surface area contributed by atoms with E-state index in [1.807, 2.05) is 19.1 Å². The summed E-state index contributed by atoms with van der Waals surface area (Å²) in [6, 6.07) is 7.19. The number of hydrogen-bond acceptors (Lipinski definition) is 6. The number of nitrogens with one attached hydrogen (secondary N) is 2. The number of likely N-dealkylation sites (tertiary alicyclic amines) is 1. The van der Waals surface area contributed by atoms with Crippen molar-refractivity contribution in [2.45, 2.75) is 52.2 Å². The second-order valence-corrected chi connectivity index (χ2v) is 8.25. The third-order valence-electron chi connectivity index (χ3n) is 4.50. The van der Waals surface area contributed by atoms with Gasteiger partial charge in [-0.15, -0.1) is 0 Å². The zero-order valence-corrected chi connectivity index (χ0v) is 18.7. The number of carbonyl (C=O) groups excluding carboxylic acids is 3. The Morgan fingerprint density at radius 3 is 2.26 bits per heavy atom. The Bertz CT molecular complexity index is 754. The first-order valence-corrected chi connectivity index (χ1v) is 10.6. The summed E-state index contributed by atoms with van der Waals surface area (Å²) in [5.41, 5.74) is -0.613. The van der Waals surface area contributed by atoms with Crippen molar-refractivity contribution in [2.75, 3.05) is 32.8 Å². The number of carbonyl (C=O) groups is 3. The van der Waals surface area contributed by atoms with E-state index in [2.05, 4.69) is 10.6 Å². The Morgan fingerprint density at radius 2 is 1.68 bits per heavy atom. The molecule has 0 atom stereocenters. The lowest BCUT2D eigenvalue weighted by Gasteiger charge is -2.32. The van der Waals surface area contributed by atoms with Gasteiger partial charge in [-0.2, -0.15) is 0 Å². The molecule has 0 saturated carbocycles. The molecule has 1 aromatic rings. The summed E-state index contributed by atoms with van der Waals surface area (Å²) in [5.74, 6) is 0.733. The highest BCUT2D eigenvalue weighted by molar-refractivity contribution is 5.82. The fourth-order valence-corrected chi connectivity index (χ4v) is 3.10. The van der Waals surface area contributed by atoms with Gasteiger partial charge in [-0.25, -0.2) is 4.79 Å². The van der Waals surface area contributed by atoms with Crippen LogP contribution < -0.4 is 20.1 Å². The van der Waals surface area contributed by atoms with Gasteiger partial charge in [0.2, 0.25) is 5.91 Å². The van der Waals surface area contributed by atoms with Crippen LogP contribution in [0.3, 0.4) is 0 Å². The van der Waals surface area contributed by atoms with Crippen LogP contribution in [0, 0.1) is 0 Å². The van der Waals surface area contributed by atoms with Gasteiger partial charge in [0.15, 0.2) is 18.1 Å². The number of nitrogens with zero attached hydrogens (tertiary/aromatic N) is 1. The normalized spacial score (nSPS) is 14.5. The number of para-hydroxylation sites is 2. The molecule has 2 rings (SSSR count). The number of hydrogen-bond donors (Lipinski definition) is 2. The molecule has 1 fully saturated rings. The van der Waals surface area contributed by atoms with Crippen LogP contribution in [0.25, 0.3) is 0 Å². The van der Waals surface area contributed by atoms with Crippen molar-refractivity contribution < 1.29 is 28.6 Å². The zero-order valence-electron chi connectivity index (χ0n) is 18.7. The Balaban J connectivity index is 1.69. The van der Waals surface area contributed by atoms with Crippen LogP contribution in [-0.2, 0) is 14.3 Å². The minimum atomic E-state index is -0.617. The van der Waals surface area contributed by atoms with Crippen LogP contribution in [0.1, 0.15) is 40.5 Å². The number of ether oxygens (including phenoxy) is 3. The number of alkyl carbamates (subject to hydrolysis) is 1. The Morgan fingerprint density at radius 1 is 1.06 bits per heavy atom. The van der Waals surface area contributed by atoms with E-state index >= 15 is 0 Å². The van der Waals surface area contributed by atoms with Crippen LogP contribution in [0.4, 0.5) is 4.79 Å². The maximum Gasteiger partial charge on any atom is 0.408 e. The first-order valence-electron chi connectivity index (χ1n) is 10.6. The maximum atomic E-state index is 12.3. The molecule has 2 N–H and O–H groups in total. The van der Waals surface area contributed by atoms with Crippen molar-refractivity contribution in [3.8, 4) is 11.5 Å². The first kappa shape index (κ1) is 24.3. The Hall–Kier alpha value is -2.97. The van der Waals surface area contributed by atoms with Crippen LogP contribution in [0.2, 0.25) is 0 Å². The van der Waals surface area contributed by atoms with Crippen LogP contribution in [-0.4, -0.2) is 67.3 Å². The van der Waals surface area contributed by atoms with Crippen LogP contribution in [0.15, 0.2) is 24.3 Å². The molecule has 9 heteroatoms. The molecule has 1 aromatic carbocycles. The maximum absolute atomic E-state index is 12.3. The van der Waals surface area contributed by atoms with Gasteiger partial charge in [0.1, 0.15) is 12.1 Å². The van der Waals surface area contributed by atoms with Gasteiger partial charge in [0.05, 0.1) is 6.61 Å². The van der Waals surface area contributed by atoms with E-state index in [-0.39, 0.29) is 31.0 Å². The van der Waals surface area contributed by atoms with Crippen molar-refractivity contribution >= 4 is 17.9 Å². The molecule has 0 aliphatic carbocycles. The lowest BCUT2D eigenvalue weighted by Crippen LogP contribution is -2.49. The number of piperidine rings is 1. The molecule has 3 amide bonds. The van der Waals surface area contributed by atoms with Crippen LogP contribution >= 0.6 is 0 Å². The molecular formula is C22H33N3O6. The van der Waals surface area contributed by atoms with Gasteiger partial charge in [-0.1, -0.05) is 12.1 Å². The molecule has 9 nitrogen and oxygen atoms in total. The minimum absolute atomic E-state index is 0.0268. The summed E-state index contributed by atoms with van der Waals surface area (Å²) >= 11 is 0. The molecule has 31 heavy (non-hydrogen) atoms. The van der Waals surface area contributed by atoms with Gasteiger partial charge in [0, 0.05) is 19.1 Å². The van der Waals surface area contributed by atoms with E-state index in [9.17, 15) is 14.4 Å². The number of amides is 3. The SMILES string of the molecule is CCOc1ccccc1OCC(=O)NC1CCN(C(=O)CNC(=O)OC(C)(C)C)CC1. The smallest absolute Gasteiger partial charge is 0.408 e. The van der Waals surface area contributed by atoms with E-state index in [1.165, 1.54) is 0 Å². The molecule has 0 aromatic heterocycles. The second kappa shape index (κ2) is 11.4. The van der Waals surface area contributed by atoms with Crippen molar-refractivity contribution in [1.82, 2.24) is 15.5 Å². The highest BCUT2D eigenvalue weighted by Crippen LogP contribution is 2.26. The minimum Gasteiger partial charge on any atom is -0.490 e. The van der Waals surface area contributed by atoms with Gasteiger partial charge in [-0.3, -0.25) is 9.59 Å². The Labute approximate surface area is 183 Å². The summed E-state index contributed by atoms with van der Waals surface area (Å²) in [4.78, 5) is 37.9. The van der Waals surface area contributed by atoms with Gasteiger partial charge >= 0.3 is 6.09 Å². The molecule has 0 bridgehead atoms. The van der Waals surface area contributed by atoms with E-state index in [0.717, 1.165) is 0 Å². The zero-order chi connectivity index (χ0) is 22.9. The first-order chi connectivity index (χ1) is 14.7. The molecule has 0 unspecified atom stereocenters. The lowest BCUT2D eigenvalue weighted by molar-refractivity contribution is -0.131. The van der Waals surface area contributed by atoms with Crippen molar-refractivity contribution in [2.24, 2.45) is 0 Å². The van der Waals surface area contributed by atoms with E-state index in [4.69, 9.17) is 14.2 Å². The monoisotopic (exact) mass is 435 g/mol. The van der Waals surface area contributed by atoms with Gasteiger partial charge in [0.25, 0.3) is 5.91 Å². The summed E-state index contributed by atoms with van der Waals surface area (Å²) < 4.78 is 16.2. The highest BCUT2D eigenvalue weighted by Gasteiger charge is 2.25. The molecule has 0 radical (unpaired) electrons. The predicted octanol–water partition coefficient (Wildman–Crippen LogP) is 2.10. The molecule has 172 valence electrons. The summed E-state index contributed by atoms with van der Waals surface area (Å²) in [5, 5.41) is 5.42. The van der Waals surface area contributed by atoms with E-state index in [0.29, 0.717) is 44.0 Å². The highest BCUT2D eigenvalue weighted by atomic mass is 16.6. The molecule has 1 heterocycles. The summed E-state index contributed by atoms with van der Waals surface area (Å²) in [6.07, 6.45) is 0.660.